The summed E-state index contributed by atoms with van der Waals surface area (Å²) in [4.78, 5) is 12.7. The second kappa shape index (κ2) is 7.56. The van der Waals surface area contributed by atoms with Gasteiger partial charge in [-0.2, -0.15) is 13.2 Å². The minimum atomic E-state index is -4.60. The second-order valence-electron chi connectivity index (χ2n) is 8.82. The van der Waals surface area contributed by atoms with E-state index in [0.29, 0.717) is 30.1 Å². The van der Waals surface area contributed by atoms with Gasteiger partial charge in [0, 0.05) is 24.1 Å². The summed E-state index contributed by atoms with van der Waals surface area (Å²) in [6, 6.07) is 6.19. The van der Waals surface area contributed by atoms with Gasteiger partial charge in [-0.05, 0) is 38.8 Å². The lowest BCUT2D eigenvalue weighted by atomic mass is 9.93. The summed E-state index contributed by atoms with van der Waals surface area (Å²) in [5.74, 6) is -0.571. The van der Waals surface area contributed by atoms with Crippen LogP contribution in [0.2, 0.25) is 0 Å². The van der Waals surface area contributed by atoms with Crippen LogP contribution in [0.5, 0.6) is 0 Å². The van der Waals surface area contributed by atoms with Crippen LogP contribution >= 0.6 is 0 Å². The average Bonchev–Trinajstić information content (AvgIpc) is 3.37. The Kier molecular flexibility index (Phi) is 4.90. The van der Waals surface area contributed by atoms with Crippen LogP contribution in [0, 0.1) is 6.57 Å². The van der Waals surface area contributed by atoms with E-state index in [4.69, 9.17) is 16.3 Å². The lowest BCUT2D eigenvalue weighted by molar-refractivity contribution is -0.155. The van der Waals surface area contributed by atoms with Crippen LogP contribution in [0.15, 0.2) is 35.0 Å². The first kappa shape index (κ1) is 21.4. The van der Waals surface area contributed by atoms with Gasteiger partial charge in [-0.15, -0.1) is 0 Å². The molecule has 10 heteroatoms. The summed E-state index contributed by atoms with van der Waals surface area (Å²) >= 11 is 0. The zero-order valence-corrected chi connectivity index (χ0v) is 18.0. The zero-order chi connectivity index (χ0) is 23.4. The number of ether oxygens (including phenoxy) is 1. The van der Waals surface area contributed by atoms with Crippen molar-refractivity contribution in [2.45, 2.75) is 50.9 Å². The van der Waals surface area contributed by atoms with Crippen molar-refractivity contribution in [1.82, 2.24) is 19.7 Å². The molecule has 170 valence electrons. The molecule has 1 aliphatic heterocycles. The van der Waals surface area contributed by atoms with Crippen molar-refractivity contribution < 1.29 is 22.4 Å². The van der Waals surface area contributed by atoms with Crippen LogP contribution in [0.4, 0.5) is 18.9 Å². The summed E-state index contributed by atoms with van der Waals surface area (Å²) < 4.78 is 51.5. The lowest BCUT2D eigenvalue weighted by Gasteiger charge is -2.37. The molecule has 0 amide bonds. The minimum Gasteiger partial charge on any atom is -0.375 e. The Labute approximate surface area is 187 Å². The van der Waals surface area contributed by atoms with E-state index in [9.17, 15) is 13.2 Å². The number of hydrogen-bond acceptors (Lipinski definition) is 5. The molecule has 0 radical (unpaired) electrons. The van der Waals surface area contributed by atoms with Crippen LogP contribution in [0.1, 0.15) is 50.0 Å². The fourth-order valence-corrected chi connectivity index (χ4v) is 4.51. The smallest absolute Gasteiger partial charge is 0.375 e. The number of pyridine rings is 1. The molecule has 5 rings (SSSR count). The molecular weight excluding hydrogens is 435 g/mol. The first-order valence-corrected chi connectivity index (χ1v) is 10.5. The Hall–Kier alpha value is -3.45. The normalized spacial score (nSPS) is 18.6. The summed E-state index contributed by atoms with van der Waals surface area (Å²) in [7, 11) is 0. The maximum absolute atomic E-state index is 13.0. The van der Waals surface area contributed by atoms with Gasteiger partial charge in [-0.25, -0.2) is 9.83 Å². The van der Waals surface area contributed by atoms with Gasteiger partial charge in [0.15, 0.2) is 5.69 Å². The molecular formula is C23H20F3N5O2. The lowest BCUT2D eigenvalue weighted by Crippen LogP contribution is -2.35. The van der Waals surface area contributed by atoms with Crippen molar-refractivity contribution in [2.24, 2.45) is 0 Å². The predicted octanol–water partition coefficient (Wildman–Crippen LogP) is 5.86. The number of benzene rings is 1. The summed E-state index contributed by atoms with van der Waals surface area (Å²) in [5, 5.41) is 4.40. The standard InChI is InChI=1S/C23H20F3N5O2/c1-22(2)11-15(6-7-32-22)31-20(10-14-9-19(33-30-14)23(24,25)26)29-18-12-28-17-5-4-13(27-3)8-16(17)21(18)31/h4-5,8-9,12,15H,6-7,10-11H2,1-2H3. The Morgan fingerprint density at radius 2 is 2.06 bits per heavy atom. The highest BCUT2D eigenvalue weighted by atomic mass is 19.4. The summed E-state index contributed by atoms with van der Waals surface area (Å²) in [6.07, 6.45) is -1.46. The fraction of sp³-hybridized carbons (Fsp3) is 0.391. The van der Waals surface area contributed by atoms with Gasteiger partial charge in [0.2, 0.25) is 5.76 Å². The van der Waals surface area contributed by atoms with Gasteiger partial charge in [0.25, 0.3) is 0 Å². The molecule has 0 bridgehead atoms. The van der Waals surface area contributed by atoms with E-state index in [1.165, 1.54) is 0 Å². The molecule has 3 aromatic heterocycles. The molecule has 0 saturated carbocycles. The number of aromatic nitrogens is 4. The number of fused-ring (bicyclic) bond motifs is 3. The predicted molar refractivity (Wildman–Crippen MR) is 114 cm³/mol. The molecule has 1 unspecified atom stereocenters. The number of hydrogen-bond donors (Lipinski definition) is 0. The number of rotatable bonds is 3. The number of halogens is 3. The third-order valence-corrected chi connectivity index (χ3v) is 5.92. The maximum atomic E-state index is 13.0. The van der Waals surface area contributed by atoms with Gasteiger partial charge < -0.3 is 13.8 Å². The molecule has 0 N–H and O–H groups in total. The molecule has 1 saturated heterocycles. The van der Waals surface area contributed by atoms with Gasteiger partial charge in [0.05, 0.1) is 41.5 Å². The molecule has 1 aromatic carbocycles. The maximum Gasteiger partial charge on any atom is 0.452 e. The van der Waals surface area contributed by atoms with Gasteiger partial charge in [-0.1, -0.05) is 11.2 Å². The molecule has 1 fully saturated rings. The first-order chi connectivity index (χ1) is 15.6. The average molecular weight is 455 g/mol. The second-order valence-corrected chi connectivity index (χ2v) is 8.82. The highest BCUT2D eigenvalue weighted by Crippen LogP contribution is 2.38. The Bertz CT molecular complexity index is 1400. The van der Waals surface area contributed by atoms with Crippen LogP contribution < -0.4 is 0 Å². The van der Waals surface area contributed by atoms with Crippen molar-refractivity contribution in [3.63, 3.8) is 0 Å². The van der Waals surface area contributed by atoms with Crippen molar-refractivity contribution in [3.8, 4) is 0 Å². The molecule has 1 atom stereocenters. The van der Waals surface area contributed by atoms with Crippen molar-refractivity contribution in [1.29, 1.82) is 0 Å². The van der Waals surface area contributed by atoms with E-state index >= 15 is 0 Å². The highest BCUT2D eigenvalue weighted by Gasteiger charge is 2.37. The Balaban J connectivity index is 1.70. The van der Waals surface area contributed by atoms with Gasteiger partial charge >= 0.3 is 6.18 Å². The first-order valence-electron chi connectivity index (χ1n) is 10.5. The molecule has 1 aliphatic rings. The molecule has 4 heterocycles. The third-order valence-electron chi connectivity index (χ3n) is 5.92. The summed E-state index contributed by atoms with van der Waals surface area (Å²) in [6.45, 7) is 12.0. The monoisotopic (exact) mass is 455 g/mol. The van der Waals surface area contributed by atoms with E-state index in [2.05, 4.69) is 24.1 Å². The number of alkyl halides is 3. The molecule has 0 spiro atoms. The van der Waals surface area contributed by atoms with Crippen molar-refractivity contribution >= 4 is 27.6 Å². The van der Waals surface area contributed by atoms with Crippen LogP contribution in [-0.2, 0) is 17.3 Å². The molecule has 7 nitrogen and oxygen atoms in total. The minimum absolute atomic E-state index is 0.00457. The van der Waals surface area contributed by atoms with Crippen LogP contribution in [0.3, 0.4) is 0 Å². The zero-order valence-electron chi connectivity index (χ0n) is 18.0. The van der Waals surface area contributed by atoms with E-state index in [-0.39, 0.29) is 23.8 Å². The van der Waals surface area contributed by atoms with Crippen LogP contribution in [-0.4, -0.2) is 31.9 Å². The molecule has 0 aliphatic carbocycles. The Morgan fingerprint density at radius 1 is 1.24 bits per heavy atom. The highest BCUT2D eigenvalue weighted by molar-refractivity contribution is 6.03. The van der Waals surface area contributed by atoms with E-state index < -0.39 is 11.9 Å². The SMILES string of the molecule is [C-]#[N+]c1ccc2ncc3nc(Cc4cc(C(F)(F)F)on4)n(C4CCOC(C)(C)C4)c3c2c1. The third kappa shape index (κ3) is 3.93. The van der Waals surface area contributed by atoms with E-state index in [1.54, 1.807) is 24.4 Å². The number of imidazole rings is 1. The molecule has 33 heavy (non-hydrogen) atoms. The largest absolute Gasteiger partial charge is 0.452 e. The summed E-state index contributed by atoms with van der Waals surface area (Å²) in [5.41, 5.74) is 2.40. The quantitative estimate of drug-likeness (QED) is 0.362. The van der Waals surface area contributed by atoms with Crippen LogP contribution in [0.25, 0.3) is 26.8 Å². The fourth-order valence-electron chi connectivity index (χ4n) is 4.51. The van der Waals surface area contributed by atoms with Gasteiger partial charge in [0.1, 0.15) is 11.3 Å². The van der Waals surface area contributed by atoms with Crippen molar-refractivity contribution in [2.75, 3.05) is 6.61 Å². The molecule has 4 aromatic rings. The number of nitrogens with zero attached hydrogens (tertiary/aromatic N) is 5. The Morgan fingerprint density at radius 3 is 2.76 bits per heavy atom. The van der Waals surface area contributed by atoms with E-state index in [0.717, 1.165) is 28.9 Å². The van der Waals surface area contributed by atoms with Gasteiger partial charge in [-0.3, -0.25) is 4.98 Å². The van der Waals surface area contributed by atoms with Crippen molar-refractivity contribution in [3.05, 3.63) is 59.2 Å². The van der Waals surface area contributed by atoms with E-state index in [1.807, 2.05) is 13.8 Å². The topological polar surface area (TPSA) is 70.3 Å².